The van der Waals surface area contributed by atoms with Crippen molar-refractivity contribution in [2.45, 2.75) is 13.8 Å². The van der Waals surface area contributed by atoms with E-state index in [1.807, 2.05) is 32.1 Å². The molecule has 0 aliphatic rings. The lowest BCUT2D eigenvalue weighted by molar-refractivity contribution is 0.630. The van der Waals surface area contributed by atoms with Gasteiger partial charge in [-0.25, -0.2) is 4.39 Å². The van der Waals surface area contributed by atoms with Gasteiger partial charge in [0.2, 0.25) is 0 Å². The molecular formula is C11H14FN. The van der Waals surface area contributed by atoms with Gasteiger partial charge in [-0.05, 0) is 25.5 Å². The van der Waals surface area contributed by atoms with E-state index in [0.29, 0.717) is 12.2 Å². The fourth-order valence-electron chi connectivity index (χ4n) is 1.13. The second-order valence-corrected chi connectivity index (χ2v) is 2.88. The summed E-state index contributed by atoms with van der Waals surface area (Å²) in [6, 6.07) is 5.07. The molecule has 0 saturated carbocycles. The summed E-state index contributed by atoms with van der Waals surface area (Å²) < 4.78 is 13.2. The lowest BCUT2D eigenvalue weighted by Gasteiger charge is -2.07. The topological polar surface area (TPSA) is 12.0 Å². The molecule has 0 aliphatic carbocycles. The summed E-state index contributed by atoms with van der Waals surface area (Å²) in [4.78, 5) is 0. The molecule has 0 heterocycles. The number of allylic oxidation sites excluding steroid dienone is 1. The Labute approximate surface area is 78.3 Å². The van der Waals surface area contributed by atoms with Crippen molar-refractivity contribution in [2.75, 3.05) is 11.9 Å². The molecule has 0 saturated heterocycles. The molecule has 13 heavy (non-hydrogen) atoms. The SMILES string of the molecule is C/C=C/CNc1c(C)cccc1F. The van der Waals surface area contributed by atoms with Gasteiger partial charge in [-0.1, -0.05) is 24.3 Å². The van der Waals surface area contributed by atoms with Crippen LogP contribution in [0.2, 0.25) is 0 Å². The first-order chi connectivity index (χ1) is 6.25. The molecule has 0 aromatic heterocycles. The number of rotatable bonds is 3. The Morgan fingerprint density at radius 1 is 1.46 bits per heavy atom. The first kappa shape index (κ1) is 9.78. The van der Waals surface area contributed by atoms with E-state index in [4.69, 9.17) is 0 Å². The number of halogens is 1. The summed E-state index contributed by atoms with van der Waals surface area (Å²) in [6.45, 7) is 4.50. The molecule has 1 nitrogen and oxygen atoms in total. The molecule has 0 aliphatic heterocycles. The molecule has 0 radical (unpaired) electrons. The number of benzene rings is 1. The molecule has 70 valence electrons. The second-order valence-electron chi connectivity index (χ2n) is 2.88. The van der Waals surface area contributed by atoms with Crippen molar-refractivity contribution in [3.05, 3.63) is 41.7 Å². The van der Waals surface area contributed by atoms with Crippen LogP contribution in [0.5, 0.6) is 0 Å². The van der Waals surface area contributed by atoms with E-state index >= 15 is 0 Å². The Balaban J connectivity index is 2.75. The van der Waals surface area contributed by atoms with Crippen molar-refractivity contribution < 1.29 is 4.39 Å². The molecule has 0 amide bonds. The third-order valence-electron chi connectivity index (χ3n) is 1.85. The number of anilines is 1. The summed E-state index contributed by atoms with van der Waals surface area (Å²) in [5.74, 6) is -0.190. The maximum absolute atomic E-state index is 13.2. The summed E-state index contributed by atoms with van der Waals surface area (Å²) in [5.41, 5.74) is 1.53. The molecule has 1 aromatic carbocycles. The standard InChI is InChI=1S/C11H14FN/c1-3-4-8-13-11-9(2)6-5-7-10(11)12/h3-7,13H,8H2,1-2H3/b4-3+. The Bertz CT molecular complexity index is 285. The molecule has 0 spiro atoms. The predicted octanol–water partition coefficient (Wildman–Crippen LogP) is 3.12. The van der Waals surface area contributed by atoms with Gasteiger partial charge in [0.05, 0.1) is 5.69 Å². The molecular weight excluding hydrogens is 165 g/mol. The average Bonchev–Trinajstić information content (AvgIpc) is 2.10. The van der Waals surface area contributed by atoms with Crippen molar-refractivity contribution >= 4 is 5.69 Å². The number of para-hydroxylation sites is 1. The molecule has 0 atom stereocenters. The van der Waals surface area contributed by atoms with E-state index in [1.54, 1.807) is 6.07 Å². The van der Waals surface area contributed by atoms with Gasteiger partial charge < -0.3 is 5.32 Å². The molecule has 1 rings (SSSR count). The van der Waals surface area contributed by atoms with Gasteiger partial charge in [-0.2, -0.15) is 0 Å². The number of nitrogens with one attached hydrogen (secondary N) is 1. The second kappa shape index (κ2) is 4.65. The molecule has 2 heteroatoms. The third kappa shape index (κ3) is 2.58. The highest BCUT2D eigenvalue weighted by molar-refractivity contribution is 5.51. The van der Waals surface area contributed by atoms with Crippen molar-refractivity contribution in [1.29, 1.82) is 0 Å². The highest BCUT2D eigenvalue weighted by Crippen LogP contribution is 2.17. The number of hydrogen-bond donors (Lipinski definition) is 1. The lowest BCUT2D eigenvalue weighted by Crippen LogP contribution is -2.02. The van der Waals surface area contributed by atoms with Crippen LogP contribution in [0, 0.1) is 12.7 Å². The Kier molecular flexibility index (Phi) is 3.50. The van der Waals surface area contributed by atoms with Crippen molar-refractivity contribution in [3.8, 4) is 0 Å². The van der Waals surface area contributed by atoms with Crippen molar-refractivity contribution in [2.24, 2.45) is 0 Å². The van der Waals surface area contributed by atoms with Gasteiger partial charge in [-0.15, -0.1) is 0 Å². The summed E-state index contributed by atoms with van der Waals surface area (Å²) in [6.07, 6.45) is 3.88. The van der Waals surface area contributed by atoms with Gasteiger partial charge in [0, 0.05) is 6.54 Å². The van der Waals surface area contributed by atoms with Crippen LogP contribution in [0.25, 0.3) is 0 Å². The maximum atomic E-state index is 13.2. The largest absolute Gasteiger partial charge is 0.379 e. The van der Waals surface area contributed by atoms with Gasteiger partial charge in [-0.3, -0.25) is 0 Å². The minimum atomic E-state index is -0.190. The highest BCUT2D eigenvalue weighted by atomic mass is 19.1. The van der Waals surface area contributed by atoms with E-state index in [9.17, 15) is 4.39 Å². The van der Waals surface area contributed by atoms with E-state index in [0.717, 1.165) is 5.56 Å². The van der Waals surface area contributed by atoms with Crippen molar-refractivity contribution in [3.63, 3.8) is 0 Å². The van der Waals surface area contributed by atoms with Crippen LogP contribution in [-0.4, -0.2) is 6.54 Å². The molecule has 1 N–H and O–H groups in total. The Morgan fingerprint density at radius 2 is 2.23 bits per heavy atom. The fraction of sp³-hybridized carbons (Fsp3) is 0.273. The lowest BCUT2D eigenvalue weighted by atomic mass is 10.2. The third-order valence-corrected chi connectivity index (χ3v) is 1.85. The van der Waals surface area contributed by atoms with E-state index in [1.165, 1.54) is 6.07 Å². The molecule has 0 unspecified atom stereocenters. The smallest absolute Gasteiger partial charge is 0.146 e. The molecule has 0 fully saturated rings. The zero-order valence-corrected chi connectivity index (χ0v) is 7.97. The van der Waals surface area contributed by atoms with Crippen LogP contribution in [0.3, 0.4) is 0 Å². The predicted molar refractivity (Wildman–Crippen MR) is 54.4 cm³/mol. The van der Waals surface area contributed by atoms with Gasteiger partial charge in [0.15, 0.2) is 0 Å². The van der Waals surface area contributed by atoms with Crippen LogP contribution in [-0.2, 0) is 0 Å². The summed E-state index contributed by atoms with van der Waals surface area (Å²) in [7, 11) is 0. The summed E-state index contributed by atoms with van der Waals surface area (Å²) in [5, 5.41) is 3.02. The first-order valence-electron chi connectivity index (χ1n) is 4.36. The Hall–Kier alpha value is -1.31. The zero-order valence-electron chi connectivity index (χ0n) is 7.97. The van der Waals surface area contributed by atoms with Crippen LogP contribution >= 0.6 is 0 Å². The minimum absolute atomic E-state index is 0.190. The Morgan fingerprint density at radius 3 is 2.85 bits per heavy atom. The molecule has 1 aromatic rings. The first-order valence-corrected chi connectivity index (χ1v) is 4.36. The number of hydrogen-bond acceptors (Lipinski definition) is 1. The van der Waals surface area contributed by atoms with Crippen LogP contribution < -0.4 is 5.32 Å². The van der Waals surface area contributed by atoms with Crippen LogP contribution in [0.1, 0.15) is 12.5 Å². The van der Waals surface area contributed by atoms with Gasteiger partial charge >= 0.3 is 0 Å². The van der Waals surface area contributed by atoms with Gasteiger partial charge in [0.1, 0.15) is 5.82 Å². The molecule has 0 bridgehead atoms. The van der Waals surface area contributed by atoms with E-state index in [2.05, 4.69) is 5.32 Å². The minimum Gasteiger partial charge on any atom is -0.379 e. The normalized spacial score (nSPS) is 10.7. The highest BCUT2D eigenvalue weighted by Gasteiger charge is 2.01. The van der Waals surface area contributed by atoms with E-state index in [-0.39, 0.29) is 5.82 Å². The fourth-order valence-corrected chi connectivity index (χ4v) is 1.13. The van der Waals surface area contributed by atoms with Crippen LogP contribution in [0.4, 0.5) is 10.1 Å². The van der Waals surface area contributed by atoms with Crippen molar-refractivity contribution in [1.82, 2.24) is 0 Å². The summed E-state index contributed by atoms with van der Waals surface area (Å²) >= 11 is 0. The van der Waals surface area contributed by atoms with Gasteiger partial charge in [0.25, 0.3) is 0 Å². The average molecular weight is 179 g/mol. The van der Waals surface area contributed by atoms with E-state index < -0.39 is 0 Å². The zero-order chi connectivity index (χ0) is 9.68. The maximum Gasteiger partial charge on any atom is 0.146 e. The monoisotopic (exact) mass is 179 g/mol. The van der Waals surface area contributed by atoms with Crippen LogP contribution in [0.15, 0.2) is 30.4 Å². The quantitative estimate of drug-likeness (QED) is 0.703. The number of aryl methyl sites for hydroxylation is 1.